The molecular weight excluding hydrogens is 312 g/mol. The van der Waals surface area contributed by atoms with Gasteiger partial charge in [-0.1, -0.05) is 30.7 Å². The molecule has 3 atom stereocenters. The van der Waals surface area contributed by atoms with Crippen LogP contribution >= 0.6 is 0 Å². The Kier molecular flexibility index (Phi) is 3.26. The lowest BCUT2D eigenvalue weighted by atomic mass is 9.80. The number of fused-ring (bicyclic) bond motifs is 2. The predicted molar refractivity (Wildman–Crippen MR) is 96.7 cm³/mol. The predicted octanol–water partition coefficient (Wildman–Crippen LogP) is 3.45. The van der Waals surface area contributed by atoms with Crippen LogP contribution in [0.4, 0.5) is 0 Å². The van der Waals surface area contributed by atoms with Crippen molar-refractivity contribution in [2.45, 2.75) is 50.2 Å². The van der Waals surface area contributed by atoms with Crippen molar-refractivity contribution < 1.29 is 9.59 Å². The van der Waals surface area contributed by atoms with Crippen molar-refractivity contribution in [3.8, 4) is 0 Å². The molecule has 2 bridgehead atoms. The number of carbonyl (C=O) groups is 2. The number of nitrogens with zero attached hydrogens (tertiary/aromatic N) is 2. The molecule has 0 N–H and O–H groups in total. The summed E-state index contributed by atoms with van der Waals surface area (Å²) in [4.78, 5) is 30.5. The van der Waals surface area contributed by atoms with Crippen molar-refractivity contribution in [1.82, 2.24) is 9.80 Å². The Morgan fingerprint density at radius 3 is 1.96 bits per heavy atom. The lowest BCUT2D eigenvalue weighted by Gasteiger charge is -2.49. The minimum absolute atomic E-state index is 0.0233. The monoisotopic (exact) mass is 334 g/mol. The van der Waals surface area contributed by atoms with E-state index in [0.29, 0.717) is 23.2 Å². The Hall–Kier alpha value is -2.20. The van der Waals surface area contributed by atoms with Crippen LogP contribution in [0.15, 0.2) is 36.4 Å². The van der Waals surface area contributed by atoms with Gasteiger partial charge in [-0.25, -0.2) is 0 Å². The van der Waals surface area contributed by atoms with Gasteiger partial charge in [-0.2, -0.15) is 0 Å². The highest BCUT2D eigenvalue weighted by molar-refractivity contribution is 6.25. The van der Waals surface area contributed by atoms with E-state index in [1.165, 1.54) is 19.3 Å². The van der Waals surface area contributed by atoms with Crippen LogP contribution in [0.2, 0.25) is 0 Å². The summed E-state index contributed by atoms with van der Waals surface area (Å²) >= 11 is 0. The summed E-state index contributed by atoms with van der Waals surface area (Å²) in [6.45, 7) is 0. The average molecular weight is 334 g/mol. The second kappa shape index (κ2) is 5.40. The van der Waals surface area contributed by atoms with E-state index in [-0.39, 0.29) is 17.9 Å². The third kappa shape index (κ3) is 2.10. The van der Waals surface area contributed by atoms with Gasteiger partial charge >= 0.3 is 0 Å². The van der Waals surface area contributed by atoms with Crippen LogP contribution in [0.1, 0.15) is 52.8 Å². The summed E-state index contributed by atoms with van der Waals surface area (Å²) in [5.74, 6) is -0.219. The van der Waals surface area contributed by atoms with Crippen LogP contribution in [0.25, 0.3) is 10.8 Å². The maximum atomic E-state index is 13.2. The molecule has 2 saturated heterocycles. The van der Waals surface area contributed by atoms with Gasteiger partial charge in [0.2, 0.25) is 0 Å². The van der Waals surface area contributed by atoms with E-state index in [4.69, 9.17) is 0 Å². The topological polar surface area (TPSA) is 40.6 Å². The number of rotatable bonds is 1. The maximum absolute atomic E-state index is 13.2. The molecule has 2 aromatic carbocycles. The van der Waals surface area contributed by atoms with Crippen LogP contribution in [0.5, 0.6) is 0 Å². The average Bonchev–Trinajstić information content (AvgIpc) is 2.60. The van der Waals surface area contributed by atoms with E-state index < -0.39 is 0 Å². The van der Waals surface area contributed by atoms with Crippen molar-refractivity contribution in [2.24, 2.45) is 0 Å². The van der Waals surface area contributed by atoms with Gasteiger partial charge in [-0.05, 0) is 50.2 Å². The van der Waals surface area contributed by atoms with E-state index in [1.54, 1.807) is 4.90 Å². The Balaban J connectivity index is 1.58. The Labute approximate surface area is 147 Å². The van der Waals surface area contributed by atoms with Gasteiger partial charge in [0.15, 0.2) is 0 Å². The zero-order valence-corrected chi connectivity index (χ0v) is 14.4. The standard InChI is InChI=1S/C21H22N2O2/c1-22-14-7-4-8-15(22)12-16(11-14)23-20(24)17-9-2-5-13-6-3-10-18(19(13)17)21(23)25/h2-3,5-6,9-10,14-16H,4,7-8,11-12H2,1H3/t14-,15+,16+. The first-order chi connectivity index (χ1) is 12.1. The Morgan fingerprint density at radius 2 is 1.40 bits per heavy atom. The van der Waals surface area contributed by atoms with Crippen molar-refractivity contribution in [2.75, 3.05) is 7.05 Å². The molecule has 2 aromatic rings. The van der Waals surface area contributed by atoms with Gasteiger partial charge in [-0.15, -0.1) is 0 Å². The summed E-state index contributed by atoms with van der Waals surface area (Å²) in [6, 6.07) is 12.5. The quantitative estimate of drug-likeness (QED) is 0.750. The van der Waals surface area contributed by atoms with Crippen LogP contribution in [-0.4, -0.2) is 46.8 Å². The zero-order chi connectivity index (χ0) is 17.1. The summed E-state index contributed by atoms with van der Waals surface area (Å²) in [7, 11) is 2.20. The molecule has 4 heteroatoms. The largest absolute Gasteiger partial charge is 0.300 e. The van der Waals surface area contributed by atoms with Crippen LogP contribution in [0.3, 0.4) is 0 Å². The van der Waals surface area contributed by atoms with E-state index in [0.717, 1.165) is 23.6 Å². The number of piperidine rings is 2. The number of carbonyl (C=O) groups excluding carboxylic acids is 2. The van der Waals surface area contributed by atoms with E-state index in [2.05, 4.69) is 11.9 Å². The second-order valence-electron chi connectivity index (χ2n) is 7.72. The van der Waals surface area contributed by atoms with Gasteiger partial charge in [0, 0.05) is 34.6 Å². The van der Waals surface area contributed by atoms with Crippen molar-refractivity contribution in [1.29, 1.82) is 0 Å². The van der Waals surface area contributed by atoms with Crippen molar-refractivity contribution in [3.63, 3.8) is 0 Å². The Bertz CT molecular complexity index is 826. The molecule has 2 amide bonds. The maximum Gasteiger partial charge on any atom is 0.261 e. The van der Waals surface area contributed by atoms with E-state index in [1.807, 2.05) is 36.4 Å². The van der Waals surface area contributed by atoms with Crippen LogP contribution in [0, 0.1) is 0 Å². The van der Waals surface area contributed by atoms with Gasteiger partial charge in [0.1, 0.15) is 0 Å². The van der Waals surface area contributed by atoms with Crippen molar-refractivity contribution >= 4 is 22.6 Å². The minimum atomic E-state index is -0.109. The number of amides is 2. The molecule has 3 heterocycles. The first-order valence-electron chi connectivity index (χ1n) is 9.26. The highest BCUT2D eigenvalue weighted by Gasteiger charge is 2.44. The molecule has 0 saturated carbocycles. The third-order valence-corrected chi connectivity index (χ3v) is 6.48. The summed E-state index contributed by atoms with van der Waals surface area (Å²) in [6.07, 6.45) is 5.42. The molecule has 0 radical (unpaired) electrons. The van der Waals surface area contributed by atoms with Gasteiger partial charge in [-0.3, -0.25) is 14.5 Å². The second-order valence-corrected chi connectivity index (χ2v) is 7.72. The summed E-state index contributed by atoms with van der Waals surface area (Å²) in [5.41, 5.74) is 1.36. The SMILES string of the molecule is CN1[C@@H]2CCC[C@H]1C[C@@H](N1C(=O)c3cccc4cccc(c34)C1=O)C2. The molecule has 0 spiro atoms. The summed E-state index contributed by atoms with van der Waals surface area (Å²) < 4.78 is 0. The lowest BCUT2D eigenvalue weighted by molar-refractivity contribution is 0.0108. The van der Waals surface area contributed by atoms with E-state index in [9.17, 15) is 9.59 Å². The molecular formula is C21H22N2O2. The van der Waals surface area contributed by atoms with Crippen molar-refractivity contribution in [3.05, 3.63) is 47.5 Å². The zero-order valence-electron chi connectivity index (χ0n) is 14.4. The normalized spacial score (nSPS) is 29.3. The molecule has 5 rings (SSSR count). The molecule has 128 valence electrons. The smallest absolute Gasteiger partial charge is 0.261 e. The number of hydrogen-bond donors (Lipinski definition) is 0. The van der Waals surface area contributed by atoms with Gasteiger partial charge in [0.25, 0.3) is 11.8 Å². The van der Waals surface area contributed by atoms with Crippen LogP contribution < -0.4 is 0 Å². The highest BCUT2D eigenvalue weighted by Crippen LogP contribution is 2.38. The number of hydrogen-bond acceptors (Lipinski definition) is 3. The fourth-order valence-electron chi connectivity index (χ4n) is 5.18. The first-order valence-corrected chi connectivity index (χ1v) is 9.26. The fraction of sp³-hybridized carbons (Fsp3) is 0.429. The van der Waals surface area contributed by atoms with Crippen LogP contribution in [-0.2, 0) is 0 Å². The third-order valence-electron chi connectivity index (χ3n) is 6.48. The number of imide groups is 1. The van der Waals surface area contributed by atoms with E-state index >= 15 is 0 Å². The molecule has 3 aliphatic heterocycles. The molecule has 4 nitrogen and oxygen atoms in total. The molecule has 25 heavy (non-hydrogen) atoms. The fourth-order valence-corrected chi connectivity index (χ4v) is 5.18. The highest BCUT2D eigenvalue weighted by atomic mass is 16.2. The van der Waals surface area contributed by atoms with Gasteiger partial charge in [0.05, 0.1) is 0 Å². The number of benzene rings is 2. The molecule has 0 unspecified atom stereocenters. The summed E-state index contributed by atoms with van der Waals surface area (Å²) in [5, 5.41) is 1.79. The molecule has 0 aromatic heterocycles. The first kappa shape index (κ1) is 15.1. The minimum Gasteiger partial charge on any atom is -0.300 e. The molecule has 0 aliphatic carbocycles. The molecule has 3 aliphatic rings. The molecule has 2 fully saturated rings. The Morgan fingerprint density at radius 1 is 0.840 bits per heavy atom. The van der Waals surface area contributed by atoms with Gasteiger partial charge < -0.3 is 4.90 Å². The lowest BCUT2D eigenvalue weighted by Crippen LogP contribution is -2.58.